The van der Waals surface area contributed by atoms with Crippen LogP contribution in [0.3, 0.4) is 0 Å². The molecule has 0 unspecified atom stereocenters. The van der Waals surface area contributed by atoms with E-state index in [1.54, 1.807) is 13.1 Å². The van der Waals surface area contributed by atoms with Gasteiger partial charge in [-0.1, -0.05) is 44.7 Å². The van der Waals surface area contributed by atoms with E-state index >= 15 is 0 Å². The third-order valence-corrected chi connectivity index (χ3v) is 4.09. The van der Waals surface area contributed by atoms with Gasteiger partial charge in [-0.3, -0.25) is 4.99 Å². The quantitative estimate of drug-likeness (QED) is 0.160. The largest absolute Gasteiger partial charge is 0.489 e. The number of nitrogens with one attached hydrogen (secondary N) is 2. The van der Waals surface area contributed by atoms with Crippen LogP contribution in [0.5, 0.6) is 5.75 Å². The summed E-state index contributed by atoms with van der Waals surface area (Å²) in [5.41, 5.74) is 1.11. The molecule has 0 fully saturated rings. The van der Waals surface area contributed by atoms with Crippen molar-refractivity contribution in [3.8, 4) is 5.75 Å². The lowest BCUT2D eigenvalue weighted by molar-refractivity contribution is 0.297. The fraction of sp³-hybridized carbons (Fsp3) is 0.550. The summed E-state index contributed by atoms with van der Waals surface area (Å²) in [5.74, 6) is 1.70. The van der Waals surface area contributed by atoms with E-state index in [1.807, 2.05) is 18.2 Å². The van der Waals surface area contributed by atoms with E-state index in [0.29, 0.717) is 13.2 Å². The van der Waals surface area contributed by atoms with Crippen molar-refractivity contribution in [1.82, 2.24) is 15.5 Å². The summed E-state index contributed by atoms with van der Waals surface area (Å²) >= 11 is 0. The highest BCUT2D eigenvalue weighted by atomic mass is 127. The SMILES string of the molecule is C=CCOc1ccccc1CNC(=NC)NCCCCN(CC)CC.I. The Bertz CT molecular complexity index is 518. The third kappa shape index (κ3) is 10.0. The second-order valence-corrected chi connectivity index (χ2v) is 5.79. The molecule has 1 rings (SSSR count). The average molecular weight is 474 g/mol. The van der Waals surface area contributed by atoms with E-state index in [-0.39, 0.29) is 24.0 Å². The number of unbranched alkanes of at least 4 members (excludes halogenated alkanes) is 1. The van der Waals surface area contributed by atoms with Crippen molar-refractivity contribution in [3.05, 3.63) is 42.5 Å². The lowest BCUT2D eigenvalue weighted by Gasteiger charge is -2.18. The first-order valence-corrected chi connectivity index (χ1v) is 9.23. The molecule has 0 aliphatic rings. The van der Waals surface area contributed by atoms with Gasteiger partial charge >= 0.3 is 0 Å². The van der Waals surface area contributed by atoms with Crippen molar-refractivity contribution < 1.29 is 4.74 Å². The fourth-order valence-electron chi connectivity index (χ4n) is 2.55. The average Bonchev–Trinajstić information content (AvgIpc) is 2.66. The lowest BCUT2D eigenvalue weighted by atomic mass is 10.2. The highest BCUT2D eigenvalue weighted by molar-refractivity contribution is 14.0. The first-order valence-electron chi connectivity index (χ1n) is 9.23. The van der Waals surface area contributed by atoms with Crippen LogP contribution in [0.4, 0.5) is 0 Å². The van der Waals surface area contributed by atoms with Crippen LogP contribution in [-0.4, -0.2) is 50.7 Å². The van der Waals surface area contributed by atoms with Gasteiger partial charge in [0.2, 0.25) is 0 Å². The number of hydrogen-bond donors (Lipinski definition) is 2. The molecule has 0 atom stereocenters. The molecule has 0 bridgehead atoms. The molecule has 0 spiro atoms. The number of hydrogen-bond acceptors (Lipinski definition) is 3. The molecule has 0 aliphatic heterocycles. The monoisotopic (exact) mass is 474 g/mol. The molecule has 26 heavy (non-hydrogen) atoms. The van der Waals surface area contributed by atoms with Gasteiger partial charge in [-0.25, -0.2) is 0 Å². The molecule has 5 nitrogen and oxygen atoms in total. The van der Waals surface area contributed by atoms with Crippen molar-refractivity contribution >= 4 is 29.9 Å². The molecule has 0 saturated carbocycles. The van der Waals surface area contributed by atoms with Crippen LogP contribution in [0.2, 0.25) is 0 Å². The van der Waals surface area contributed by atoms with Crippen LogP contribution in [0.15, 0.2) is 41.9 Å². The molecule has 0 radical (unpaired) electrons. The molecule has 148 valence electrons. The van der Waals surface area contributed by atoms with Crippen LogP contribution >= 0.6 is 24.0 Å². The number of halogens is 1. The predicted octanol–water partition coefficient (Wildman–Crippen LogP) is 3.66. The number of ether oxygens (including phenoxy) is 1. The van der Waals surface area contributed by atoms with Crippen LogP contribution in [0.1, 0.15) is 32.3 Å². The van der Waals surface area contributed by atoms with E-state index in [1.165, 1.54) is 6.42 Å². The Balaban J connectivity index is 0.00000625. The van der Waals surface area contributed by atoms with Gasteiger partial charge < -0.3 is 20.3 Å². The Morgan fingerprint density at radius 2 is 1.92 bits per heavy atom. The summed E-state index contributed by atoms with van der Waals surface area (Å²) in [4.78, 5) is 6.74. The molecule has 0 saturated heterocycles. The number of aliphatic imine (C=N–C) groups is 1. The molecule has 1 aromatic rings. The Labute approximate surface area is 176 Å². The highest BCUT2D eigenvalue weighted by Gasteiger charge is 2.04. The van der Waals surface area contributed by atoms with E-state index in [0.717, 1.165) is 49.9 Å². The number of nitrogens with zero attached hydrogens (tertiary/aromatic N) is 2. The Morgan fingerprint density at radius 1 is 1.19 bits per heavy atom. The van der Waals surface area contributed by atoms with Crippen LogP contribution in [0, 0.1) is 0 Å². The summed E-state index contributed by atoms with van der Waals surface area (Å²) in [5, 5.41) is 6.72. The van der Waals surface area contributed by atoms with Crippen molar-refractivity contribution in [2.45, 2.75) is 33.2 Å². The standard InChI is InChI=1S/C20H34N4O.HI/c1-5-16-25-19-13-9-8-12-18(19)17-23-20(21-4)22-14-10-11-15-24(6-2)7-3;/h5,8-9,12-13H,1,6-7,10-11,14-17H2,2-4H3,(H2,21,22,23);1H. The normalized spacial score (nSPS) is 11.0. The molecule has 0 heterocycles. The van der Waals surface area contributed by atoms with Gasteiger partial charge in [-0.05, 0) is 38.5 Å². The number of rotatable bonds is 12. The van der Waals surface area contributed by atoms with Gasteiger partial charge in [0.25, 0.3) is 0 Å². The van der Waals surface area contributed by atoms with Crippen molar-refractivity contribution in [2.24, 2.45) is 4.99 Å². The molecule has 0 amide bonds. The van der Waals surface area contributed by atoms with Crippen LogP contribution in [-0.2, 0) is 6.54 Å². The first-order chi connectivity index (χ1) is 12.2. The van der Waals surface area contributed by atoms with Crippen molar-refractivity contribution in [2.75, 3.05) is 39.8 Å². The molecular formula is C20H35IN4O. The molecule has 2 N–H and O–H groups in total. The maximum absolute atomic E-state index is 5.69. The third-order valence-electron chi connectivity index (χ3n) is 4.09. The van der Waals surface area contributed by atoms with Gasteiger partial charge in [0, 0.05) is 25.7 Å². The second-order valence-electron chi connectivity index (χ2n) is 5.79. The zero-order valence-corrected chi connectivity index (χ0v) is 18.8. The fourth-order valence-corrected chi connectivity index (χ4v) is 2.55. The van der Waals surface area contributed by atoms with Gasteiger partial charge in [0.05, 0.1) is 0 Å². The molecule has 1 aromatic carbocycles. The topological polar surface area (TPSA) is 48.9 Å². The Morgan fingerprint density at radius 3 is 2.58 bits per heavy atom. The lowest BCUT2D eigenvalue weighted by Crippen LogP contribution is -2.37. The highest BCUT2D eigenvalue weighted by Crippen LogP contribution is 2.17. The zero-order chi connectivity index (χ0) is 18.3. The van der Waals surface area contributed by atoms with E-state index in [2.05, 4.69) is 47.0 Å². The van der Waals surface area contributed by atoms with Crippen molar-refractivity contribution in [3.63, 3.8) is 0 Å². The number of para-hydroxylation sites is 1. The molecule has 6 heteroatoms. The maximum Gasteiger partial charge on any atom is 0.191 e. The van der Waals surface area contributed by atoms with E-state index in [4.69, 9.17) is 4.74 Å². The summed E-state index contributed by atoms with van der Waals surface area (Å²) in [6, 6.07) is 8.03. The van der Waals surface area contributed by atoms with Crippen molar-refractivity contribution in [1.29, 1.82) is 0 Å². The zero-order valence-electron chi connectivity index (χ0n) is 16.5. The summed E-state index contributed by atoms with van der Waals surface area (Å²) in [6.07, 6.45) is 4.09. The minimum Gasteiger partial charge on any atom is -0.489 e. The first kappa shape index (κ1) is 24.7. The summed E-state index contributed by atoms with van der Waals surface area (Å²) < 4.78 is 5.69. The second kappa shape index (κ2) is 15.9. The van der Waals surface area contributed by atoms with Gasteiger partial charge in [0.1, 0.15) is 12.4 Å². The van der Waals surface area contributed by atoms with Crippen LogP contribution in [0.25, 0.3) is 0 Å². The minimum absolute atomic E-state index is 0. The molecular weight excluding hydrogens is 439 g/mol. The van der Waals surface area contributed by atoms with Gasteiger partial charge in [0.15, 0.2) is 5.96 Å². The van der Waals surface area contributed by atoms with E-state index < -0.39 is 0 Å². The number of benzene rings is 1. The Kier molecular flexibility index (Phi) is 15.2. The number of guanidine groups is 1. The Hall–Kier alpha value is -1.28. The van der Waals surface area contributed by atoms with Gasteiger partial charge in [-0.2, -0.15) is 0 Å². The minimum atomic E-state index is 0. The van der Waals surface area contributed by atoms with Gasteiger partial charge in [-0.15, -0.1) is 24.0 Å². The van der Waals surface area contributed by atoms with Crippen LogP contribution < -0.4 is 15.4 Å². The maximum atomic E-state index is 5.69. The molecule has 0 aliphatic carbocycles. The molecule has 0 aromatic heterocycles. The smallest absolute Gasteiger partial charge is 0.191 e. The van der Waals surface area contributed by atoms with E-state index in [9.17, 15) is 0 Å². The summed E-state index contributed by atoms with van der Waals surface area (Å²) in [6.45, 7) is 13.6. The summed E-state index contributed by atoms with van der Waals surface area (Å²) in [7, 11) is 1.80. The predicted molar refractivity (Wildman–Crippen MR) is 123 cm³/mol.